The molecule has 0 aliphatic rings. The van der Waals surface area contributed by atoms with Crippen molar-refractivity contribution >= 4 is 23.5 Å². The minimum Gasteiger partial charge on any atom is -0.503 e. The summed E-state index contributed by atoms with van der Waals surface area (Å²) in [4.78, 5) is 51.3. The van der Waals surface area contributed by atoms with E-state index in [1.54, 1.807) is 26.0 Å². The van der Waals surface area contributed by atoms with Crippen LogP contribution in [0.3, 0.4) is 0 Å². The van der Waals surface area contributed by atoms with E-state index in [-0.39, 0.29) is 50.2 Å². The second kappa shape index (κ2) is 11.1. The topological polar surface area (TPSA) is 180 Å². The molecule has 5 rings (SSSR count). The molecule has 0 unspecified atom stereocenters. The number of aryl methyl sites for hydroxylation is 2. The monoisotopic (exact) mass is 604 g/mol. The van der Waals surface area contributed by atoms with Crippen molar-refractivity contribution in [2.24, 2.45) is 0 Å². The number of rotatable bonds is 8. The van der Waals surface area contributed by atoms with Crippen LogP contribution in [0.1, 0.15) is 54.7 Å². The summed E-state index contributed by atoms with van der Waals surface area (Å²) in [7, 11) is 1.33. The molecular weight excluding hydrogens is 580 g/mol. The summed E-state index contributed by atoms with van der Waals surface area (Å²) in [5, 5.41) is 35.2. The number of phenolic OH excluding ortho intramolecular Hbond substituents is 1. The number of carboxylic acid groups (broad SMARTS) is 2. The minimum absolute atomic E-state index is 0.0119. The number of ether oxygens (including phenoxy) is 1. The molecule has 0 fully saturated rings. The third kappa shape index (κ3) is 5.08. The SMILES string of the molecule is COc1cc(C(c2c(C)[nH]n(-c3cccc(C(=O)O)c3)c2=O)c2c(C)[nH]n(-c3cccc(C(=O)O)c3)c2=O)cc(Cl)c1O. The number of nitrogens with one attached hydrogen (secondary N) is 2. The van der Waals surface area contributed by atoms with Crippen LogP contribution in [0.2, 0.25) is 5.02 Å². The minimum atomic E-state index is -1.17. The van der Waals surface area contributed by atoms with E-state index < -0.39 is 29.0 Å². The van der Waals surface area contributed by atoms with Gasteiger partial charge in [-0.2, -0.15) is 0 Å². The molecule has 0 amide bonds. The van der Waals surface area contributed by atoms with E-state index >= 15 is 0 Å². The number of hydrogen-bond acceptors (Lipinski definition) is 6. The molecule has 12 nitrogen and oxygen atoms in total. The van der Waals surface area contributed by atoms with Crippen LogP contribution in [0.15, 0.2) is 70.3 Å². The number of aromatic carboxylic acids is 2. The third-order valence-corrected chi connectivity index (χ3v) is 7.41. The van der Waals surface area contributed by atoms with E-state index in [1.165, 1.54) is 65.0 Å². The van der Waals surface area contributed by atoms with Crippen molar-refractivity contribution in [2.75, 3.05) is 7.11 Å². The van der Waals surface area contributed by atoms with Gasteiger partial charge in [-0.25, -0.2) is 19.0 Å². The fourth-order valence-electron chi connectivity index (χ4n) is 5.11. The van der Waals surface area contributed by atoms with E-state index in [4.69, 9.17) is 16.3 Å². The molecule has 13 heteroatoms. The van der Waals surface area contributed by atoms with Gasteiger partial charge in [0.15, 0.2) is 11.5 Å². The van der Waals surface area contributed by atoms with Gasteiger partial charge < -0.3 is 20.1 Å². The maximum Gasteiger partial charge on any atom is 0.335 e. The van der Waals surface area contributed by atoms with Crippen LogP contribution < -0.4 is 15.9 Å². The van der Waals surface area contributed by atoms with Gasteiger partial charge in [-0.1, -0.05) is 23.7 Å². The van der Waals surface area contributed by atoms with Crippen molar-refractivity contribution in [1.82, 2.24) is 19.6 Å². The second-order valence-corrected chi connectivity index (χ2v) is 10.2. The number of H-pyrrole nitrogens is 2. The lowest BCUT2D eigenvalue weighted by atomic mass is 9.85. The zero-order valence-corrected chi connectivity index (χ0v) is 23.8. The van der Waals surface area contributed by atoms with Gasteiger partial charge in [-0.15, -0.1) is 0 Å². The normalized spacial score (nSPS) is 11.2. The first-order valence-corrected chi connectivity index (χ1v) is 13.2. The molecule has 0 bridgehead atoms. The quantitative estimate of drug-likeness (QED) is 0.175. The Hall–Kier alpha value is -5.49. The van der Waals surface area contributed by atoms with Gasteiger partial charge in [0.05, 0.1) is 45.8 Å². The summed E-state index contributed by atoms with van der Waals surface area (Å²) in [6.07, 6.45) is 0. The van der Waals surface area contributed by atoms with E-state index in [9.17, 15) is 34.5 Å². The summed E-state index contributed by atoms with van der Waals surface area (Å²) >= 11 is 6.35. The standard InChI is InChI=1S/C30H25ClN4O8/c1-14-23(27(37)34(32-14)19-8-4-6-16(10-19)29(39)40)25(18-12-21(31)26(36)22(13-18)43-3)24-15(2)33-35(28(24)38)20-9-5-7-17(11-20)30(41)42/h4-13,25,32-33,36H,1-3H3,(H,39,40)(H,41,42). The number of halogens is 1. The van der Waals surface area contributed by atoms with Crippen LogP contribution in [0, 0.1) is 13.8 Å². The Morgan fingerprint density at radius 1 is 0.814 bits per heavy atom. The van der Waals surface area contributed by atoms with E-state index in [0.29, 0.717) is 17.0 Å². The second-order valence-electron chi connectivity index (χ2n) is 9.78. The van der Waals surface area contributed by atoms with Crippen molar-refractivity contribution in [3.8, 4) is 22.9 Å². The predicted octanol–water partition coefficient (Wildman–Crippen LogP) is 4.21. The first-order valence-electron chi connectivity index (χ1n) is 12.8. The van der Waals surface area contributed by atoms with Crippen LogP contribution in [0.4, 0.5) is 0 Å². The van der Waals surface area contributed by atoms with Crippen molar-refractivity contribution in [1.29, 1.82) is 0 Å². The number of nitrogens with zero attached hydrogens (tertiary/aromatic N) is 2. The number of aromatic hydroxyl groups is 1. The fourth-order valence-corrected chi connectivity index (χ4v) is 5.33. The molecule has 2 aromatic heterocycles. The van der Waals surface area contributed by atoms with Gasteiger partial charge in [0.2, 0.25) is 0 Å². The lowest BCUT2D eigenvalue weighted by Crippen LogP contribution is -2.25. The van der Waals surface area contributed by atoms with Crippen molar-refractivity contribution in [3.05, 3.63) is 126 Å². The summed E-state index contributed by atoms with van der Waals surface area (Å²) in [6.45, 7) is 3.27. The number of hydrogen-bond donors (Lipinski definition) is 5. The average Bonchev–Trinajstić information content (AvgIpc) is 3.45. The van der Waals surface area contributed by atoms with Crippen molar-refractivity contribution in [3.63, 3.8) is 0 Å². The Morgan fingerprint density at radius 3 is 1.70 bits per heavy atom. The lowest BCUT2D eigenvalue weighted by Gasteiger charge is -2.18. The van der Waals surface area contributed by atoms with Gasteiger partial charge >= 0.3 is 11.9 Å². The molecule has 0 radical (unpaired) electrons. The van der Waals surface area contributed by atoms with Gasteiger partial charge in [0.25, 0.3) is 11.1 Å². The molecule has 220 valence electrons. The van der Waals surface area contributed by atoms with E-state index in [0.717, 1.165) is 0 Å². The van der Waals surface area contributed by atoms with Crippen LogP contribution in [-0.2, 0) is 0 Å². The van der Waals surface area contributed by atoms with Crippen LogP contribution >= 0.6 is 11.6 Å². The van der Waals surface area contributed by atoms with E-state index in [1.807, 2.05) is 0 Å². The molecule has 0 aliphatic carbocycles. The molecule has 0 atom stereocenters. The molecular formula is C30H25ClN4O8. The third-order valence-electron chi connectivity index (χ3n) is 7.12. The zero-order valence-electron chi connectivity index (χ0n) is 23.0. The van der Waals surface area contributed by atoms with Crippen LogP contribution in [0.25, 0.3) is 11.4 Å². The Labute approximate surface area is 248 Å². The highest BCUT2D eigenvalue weighted by molar-refractivity contribution is 6.32. The Bertz CT molecular complexity index is 1920. The molecule has 2 heterocycles. The van der Waals surface area contributed by atoms with Crippen LogP contribution in [0.5, 0.6) is 11.5 Å². The average molecular weight is 605 g/mol. The smallest absolute Gasteiger partial charge is 0.335 e. The Balaban J connectivity index is 1.80. The highest BCUT2D eigenvalue weighted by Crippen LogP contribution is 2.41. The fraction of sp³-hybridized carbons (Fsp3) is 0.133. The maximum atomic E-state index is 14.1. The van der Waals surface area contributed by atoms with Crippen molar-refractivity contribution < 1.29 is 29.6 Å². The summed E-state index contributed by atoms with van der Waals surface area (Å²) < 4.78 is 7.66. The van der Waals surface area contributed by atoms with Gasteiger partial charge in [-0.3, -0.25) is 19.8 Å². The first kappa shape index (κ1) is 29.0. The molecule has 5 N–H and O–H groups in total. The molecule has 0 saturated carbocycles. The van der Waals surface area contributed by atoms with E-state index in [2.05, 4.69) is 10.2 Å². The van der Waals surface area contributed by atoms with Crippen LogP contribution in [-0.4, -0.2) is 53.9 Å². The summed E-state index contributed by atoms with van der Waals surface area (Å²) in [5.41, 5.74) is 0.717. The largest absolute Gasteiger partial charge is 0.503 e. The lowest BCUT2D eigenvalue weighted by molar-refractivity contribution is 0.0686. The Kier molecular flexibility index (Phi) is 7.47. The number of carboxylic acids is 2. The molecule has 3 aromatic carbocycles. The molecule has 5 aromatic rings. The van der Waals surface area contributed by atoms with Crippen molar-refractivity contribution in [2.45, 2.75) is 19.8 Å². The number of benzene rings is 3. The number of methoxy groups -OCH3 is 1. The van der Waals surface area contributed by atoms with Gasteiger partial charge in [-0.05, 0) is 67.9 Å². The number of carbonyl (C=O) groups is 2. The first-order chi connectivity index (χ1) is 20.4. The molecule has 0 saturated heterocycles. The highest BCUT2D eigenvalue weighted by Gasteiger charge is 2.32. The van der Waals surface area contributed by atoms with Gasteiger partial charge in [0.1, 0.15) is 0 Å². The zero-order chi connectivity index (χ0) is 31.2. The number of phenols is 1. The summed E-state index contributed by atoms with van der Waals surface area (Å²) in [5.74, 6) is -3.71. The highest BCUT2D eigenvalue weighted by atomic mass is 35.5. The number of aromatic nitrogens is 4. The molecule has 43 heavy (non-hydrogen) atoms. The Morgan fingerprint density at radius 2 is 1.28 bits per heavy atom. The van der Waals surface area contributed by atoms with Gasteiger partial charge in [0, 0.05) is 17.3 Å². The summed E-state index contributed by atoms with van der Waals surface area (Å²) in [6, 6.07) is 14.5. The molecule has 0 spiro atoms. The molecule has 0 aliphatic heterocycles. The predicted molar refractivity (Wildman–Crippen MR) is 157 cm³/mol. The number of aromatic amines is 2. The maximum absolute atomic E-state index is 14.1.